The number of pyridine rings is 1. The molecule has 1 atom stereocenters. The third-order valence-corrected chi connectivity index (χ3v) is 8.41. The van der Waals surface area contributed by atoms with Gasteiger partial charge in [0.15, 0.2) is 0 Å². The van der Waals surface area contributed by atoms with E-state index >= 15 is 0 Å². The van der Waals surface area contributed by atoms with E-state index in [0.717, 1.165) is 43.0 Å². The summed E-state index contributed by atoms with van der Waals surface area (Å²) in [5.74, 6) is 0.0776. The second kappa shape index (κ2) is 12.3. The van der Waals surface area contributed by atoms with Crippen LogP contribution in [0.5, 0.6) is 0 Å². The predicted octanol–water partition coefficient (Wildman–Crippen LogP) is 3.86. The van der Waals surface area contributed by atoms with Gasteiger partial charge in [0.05, 0.1) is 31.1 Å². The van der Waals surface area contributed by atoms with Crippen molar-refractivity contribution in [1.29, 1.82) is 0 Å². The highest BCUT2D eigenvalue weighted by Gasteiger charge is 2.41. The van der Waals surface area contributed by atoms with Gasteiger partial charge in [0.25, 0.3) is 0 Å². The highest BCUT2D eigenvalue weighted by molar-refractivity contribution is 5.97. The van der Waals surface area contributed by atoms with E-state index in [1.165, 1.54) is 11.1 Å². The summed E-state index contributed by atoms with van der Waals surface area (Å²) in [5, 5.41) is 0. The monoisotopic (exact) mass is 577 g/mol. The average molecular weight is 578 g/mol. The van der Waals surface area contributed by atoms with Gasteiger partial charge in [0.1, 0.15) is 5.60 Å². The lowest BCUT2D eigenvalue weighted by atomic mass is 9.91. The first-order valence-corrected chi connectivity index (χ1v) is 15.3. The quantitative estimate of drug-likeness (QED) is 0.516. The van der Waals surface area contributed by atoms with E-state index in [2.05, 4.69) is 60.9 Å². The SMILES string of the molecule is Cc1ccc(Cc2cnc3c(c2)N(C(=O)CN2CCN(C(=O)OC(C)(C)C)C[C@@H]2CN2CCOCC2)CC3(C)C)cc1. The zero-order chi connectivity index (χ0) is 30.1. The molecule has 2 aromatic rings. The standard InChI is InChI=1S/C33H47N5O4/c1-24-7-9-25(10-8-24)17-26-18-28-30(34-19-26)33(5,6)23-38(28)29(39)22-36-11-12-37(31(40)42-32(2,3)4)21-27(36)20-35-13-15-41-16-14-35/h7-10,18-19,27H,11-17,20-23H2,1-6H3/t27-/m0/s1. The molecular formula is C33H47N5O4. The lowest BCUT2D eigenvalue weighted by molar-refractivity contribution is -0.121. The van der Waals surface area contributed by atoms with Gasteiger partial charge in [-0.05, 0) is 51.3 Å². The largest absolute Gasteiger partial charge is 0.444 e. The van der Waals surface area contributed by atoms with Gasteiger partial charge in [-0.2, -0.15) is 0 Å². The van der Waals surface area contributed by atoms with Crippen LogP contribution in [0.25, 0.3) is 0 Å². The smallest absolute Gasteiger partial charge is 0.410 e. The van der Waals surface area contributed by atoms with E-state index in [0.29, 0.717) is 45.9 Å². The number of morpholine rings is 1. The summed E-state index contributed by atoms with van der Waals surface area (Å²) in [4.78, 5) is 40.2. The number of fused-ring (bicyclic) bond motifs is 1. The summed E-state index contributed by atoms with van der Waals surface area (Å²) in [6.07, 6.45) is 2.45. The molecule has 42 heavy (non-hydrogen) atoms. The Morgan fingerprint density at radius 2 is 1.76 bits per heavy atom. The molecule has 2 fully saturated rings. The molecule has 0 bridgehead atoms. The second-order valence-electron chi connectivity index (χ2n) is 13.7. The minimum atomic E-state index is -0.549. The molecular weight excluding hydrogens is 530 g/mol. The van der Waals surface area contributed by atoms with E-state index < -0.39 is 5.60 Å². The molecule has 3 aliphatic rings. The Morgan fingerprint density at radius 3 is 2.45 bits per heavy atom. The number of benzene rings is 1. The number of carbonyl (C=O) groups is 2. The molecule has 1 aromatic heterocycles. The lowest BCUT2D eigenvalue weighted by Gasteiger charge is -2.44. The number of rotatable bonds is 6. The number of hydrogen-bond donors (Lipinski definition) is 0. The van der Waals surface area contributed by atoms with Crippen molar-refractivity contribution in [2.45, 2.75) is 65.0 Å². The van der Waals surface area contributed by atoms with E-state index in [1.54, 1.807) is 4.90 Å². The second-order valence-corrected chi connectivity index (χ2v) is 13.7. The number of nitrogens with zero attached hydrogens (tertiary/aromatic N) is 5. The average Bonchev–Trinajstić information content (AvgIpc) is 3.20. The fourth-order valence-corrected chi connectivity index (χ4v) is 6.15. The van der Waals surface area contributed by atoms with Crippen LogP contribution in [0.3, 0.4) is 0 Å². The van der Waals surface area contributed by atoms with Crippen LogP contribution in [0.4, 0.5) is 10.5 Å². The first-order valence-electron chi connectivity index (χ1n) is 15.3. The van der Waals surface area contributed by atoms with Crippen LogP contribution in [-0.4, -0.2) is 109 Å². The maximum atomic E-state index is 14.0. The van der Waals surface area contributed by atoms with Gasteiger partial charge in [-0.1, -0.05) is 43.7 Å². The Balaban J connectivity index is 1.32. The normalized spacial score (nSPS) is 21.3. The van der Waals surface area contributed by atoms with Crippen LogP contribution < -0.4 is 4.90 Å². The molecule has 4 heterocycles. The number of anilines is 1. The van der Waals surface area contributed by atoms with Crippen LogP contribution in [0.1, 0.15) is 57.0 Å². The minimum Gasteiger partial charge on any atom is -0.444 e. The van der Waals surface area contributed by atoms with Crippen LogP contribution >= 0.6 is 0 Å². The van der Waals surface area contributed by atoms with Gasteiger partial charge in [-0.3, -0.25) is 19.6 Å². The predicted molar refractivity (Wildman–Crippen MR) is 164 cm³/mol. The number of ether oxygens (including phenoxy) is 2. The highest BCUT2D eigenvalue weighted by Crippen LogP contribution is 2.40. The van der Waals surface area contributed by atoms with Crippen molar-refractivity contribution < 1.29 is 19.1 Å². The number of hydrogen-bond acceptors (Lipinski definition) is 7. The van der Waals surface area contributed by atoms with Crippen LogP contribution in [0.15, 0.2) is 36.5 Å². The maximum Gasteiger partial charge on any atom is 0.410 e. The molecule has 0 radical (unpaired) electrons. The van der Waals surface area contributed by atoms with Gasteiger partial charge in [0, 0.05) is 63.5 Å². The molecule has 228 valence electrons. The van der Waals surface area contributed by atoms with Crippen LogP contribution in [-0.2, 0) is 26.1 Å². The van der Waals surface area contributed by atoms with Crippen molar-refractivity contribution >= 4 is 17.7 Å². The van der Waals surface area contributed by atoms with E-state index in [4.69, 9.17) is 14.5 Å². The fourth-order valence-electron chi connectivity index (χ4n) is 6.15. The molecule has 9 heteroatoms. The van der Waals surface area contributed by atoms with Gasteiger partial charge >= 0.3 is 6.09 Å². The van der Waals surface area contributed by atoms with Crippen LogP contribution in [0.2, 0.25) is 0 Å². The molecule has 2 saturated heterocycles. The molecule has 5 rings (SSSR count). The molecule has 0 spiro atoms. The highest BCUT2D eigenvalue weighted by atomic mass is 16.6. The van der Waals surface area contributed by atoms with Gasteiger partial charge < -0.3 is 19.3 Å². The summed E-state index contributed by atoms with van der Waals surface area (Å²) < 4.78 is 11.2. The number of aromatic nitrogens is 1. The third-order valence-electron chi connectivity index (χ3n) is 8.41. The number of amides is 2. The third kappa shape index (κ3) is 7.30. The summed E-state index contributed by atoms with van der Waals surface area (Å²) in [5.41, 5.74) is 4.69. The Labute approximate surface area is 250 Å². The zero-order valence-electron chi connectivity index (χ0n) is 26.2. The summed E-state index contributed by atoms with van der Waals surface area (Å²) in [6, 6.07) is 10.7. The molecule has 2 amide bonds. The Morgan fingerprint density at radius 1 is 1.05 bits per heavy atom. The Hall–Kier alpha value is -3.01. The molecule has 0 saturated carbocycles. The zero-order valence-corrected chi connectivity index (χ0v) is 26.2. The van der Waals surface area contributed by atoms with Crippen molar-refractivity contribution in [2.24, 2.45) is 0 Å². The summed E-state index contributed by atoms with van der Waals surface area (Å²) in [6.45, 7) is 18.6. The van der Waals surface area contributed by atoms with Crippen LogP contribution in [0, 0.1) is 6.92 Å². The molecule has 1 aromatic carbocycles. The van der Waals surface area contributed by atoms with Gasteiger partial charge in [-0.25, -0.2) is 4.79 Å². The number of carbonyl (C=O) groups excluding carboxylic acids is 2. The van der Waals surface area contributed by atoms with Crippen molar-refractivity contribution in [1.82, 2.24) is 19.7 Å². The molecule has 0 N–H and O–H groups in total. The molecule has 3 aliphatic heterocycles. The van der Waals surface area contributed by atoms with E-state index in [-0.39, 0.29) is 23.5 Å². The van der Waals surface area contributed by atoms with Crippen molar-refractivity contribution in [3.8, 4) is 0 Å². The first kappa shape index (κ1) is 30.4. The maximum absolute atomic E-state index is 14.0. The molecule has 0 unspecified atom stereocenters. The number of piperazine rings is 1. The molecule has 9 nitrogen and oxygen atoms in total. The lowest BCUT2D eigenvalue weighted by Crippen LogP contribution is -2.61. The Kier molecular flexibility index (Phi) is 8.92. The van der Waals surface area contributed by atoms with Gasteiger partial charge in [-0.15, -0.1) is 0 Å². The fraction of sp³-hybridized carbons (Fsp3) is 0.606. The Bertz CT molecular complexity index is 1270. The summed E-state index contributed by atoms with van der Waals surface area (Å²) >= 11 is 0. The minimum absolute atomic E-state index is 0.0226. The van der Waals surface area contributed by atoms with Gasteiger partial charge in [0.2, 0.25) is 5.91 Å². The number of aryl methyl sites for hydroxylation is 1. The van der Waals surface area contributed by atoms with Crippen molar-refractivity contribution in [2.75, 3.05) is 70.5 Å². The first-order chi connectivity index (χ1) is 19.9. The van der Waals surface area contributed by atoms with Crippen molar-refractivity contribution in [3.05, 3.63) is 58.9 Å². The topological polar surface area (TPSA) is 78.5 Å². The van der Waals surface area contributed by atoms with Crippen molar-refractivity contribution in [3.63, 3.8) is 0 Å². The summed E-state index contributed by atoms with van der Waals surface area (Å²) in [7, 11) is 0. The molecule has 0 aliphatic carbocycles. The van der Waals surface area contributed by atoms with E-state index in [1.807, 2.05) is 31.9 Å². The van der Waals surface area contributed by atoms with E-state index in [9.17, 15) is 9.59 Å².